The zero-order valence-corrected chi connectivity index (χ0v) is 12.4. The van der Waals surface area contributed by atoms with Crippen LogP contribution in [0.3, 0.4) is 0 Å². The van der Waals surface area contributed by atoms with Crippen LogP contribution in [0.2, 0.25) is 5.02 Å². The zero-order chi connectivity index (χ0) is 13.9. The van der Waals surface area contributed by atoms with E-state index in [4.69, 9.17) is 31.2 Å². The van der Waals surface area contributed by atoms with Crippen molar-refractivity contribution in [3.8, 4) is 11.5 Å². The summed E-state index contributed by atoms with van der Waals surface area (Å²) >= 11 is 7.63. The Balaban J connectivity index is 1.61. The van der Waals surface area contributed by atoms with Crippen LogP contribution >= 0.6 is 23.4 Å². The van der Waals surface area contributed by atoms with Crippen LogP contribution in [0.15, 0.2) is 12.1 Å². The van der Waals surface area contributed by atoms with Gasteiger partial charge in [-0.25, -0.2) is 0 Å². The third-order valence-corrected chi connectivity index (χ3v) is 4.45. The van der Waals surface area contributed by atoms with Gasteiger partial charge >= 0.3 is 0 Å². The number of hydrogen-bond donors (Lipinski definition) is 1. The number of benzene rings is 1. The maximum absolute atomic E-state index is 8.08. The summed E-state index contributed by atoms with van der Waals surface area (Å²) in [6, 6.07) is 3.79. The van der Waals surface area contributed by atoms with Crippen molar-refractivity contribution in [3.63, 3.8) is 0 Å². The Morgan fingerprint density at radius 3 is 2.90 bits per heavy atom. The first-order valence-corrected chi connectivity index (χ1v) is 7.72. The minimum absolute atomic E-state index is 0.218. The molecule has 1 aromatic rings. The topological polar surface area (TPSA) is 54.8 Å². The molecule has 0 radical (unpaired) electrons. The van der Waals surface area contributed by atoms with E-state index < -0.39 is 0 Å². The van der Waals surface area contributed by atoms with Crippen molar-refractivity contribution in [3.05, 3.63) is 22.7 Å². The van der Waals surface area contributed by atoms with E-state index in [1.165, 1.54) is 11.8 Å². The van der Waals surface area contributed by atoms with Crippen LogP contribution in [-0.2, 0) is 10.5 Å². The van der Waals surface area contributed by atoms with Gasteiger partial charge in [0.2, 0.25) is 6.79 Å². The highest BCUT2D eigenvalue weighted by Crippen LogP contribution is 2.40. The maximum Gasteiger partial charge on any atom is 0.231 e. The fourth-order valence-corrected chi connectivity index (χ4v) is 3.24. The minimum Gasteiger partial charge on any atom is -0.454 e. The molecule has 20 heavy (non-hydrogen) atoms. The normalized spacial score (nSPS) is 17.4. The van der Waals surface area contributed by atoms with Gasteiger partial charge in [-0.1, -0.05) is 23.4 Å². The summed E-state index contributed by atoms with van der Waals surface area (Å²) in [5.74, 6) is 1.99. The number of halogens is 1. The van der Waals surface area contributed by atoms with E-state index in [1.54, 1.807) is 0 Å². The number of nitrogens with zero attached hydrogens (tertiary/aromatic N) is 1. The van der Waals surface area contributed by atoms with Crippen LogP contribution in [0.1, 0.15) is 5.56 Å². The number of ether oxygens (including phenoxy) is 3. The molecule has 0 aromatic heterocycles. The van der Waals surface area contributed by atoms with Gasteiger partial charge < -0.3 is 19.1 Å². The van der Waals surface area contributed by atoms with E-state index >= 15 is 0 Å². The first kappa shape index (κ1) is 13.9. The van der Waals surface area contributed by atoms with Crippen LogP contribution < -0.4 is 9.47 Å². The zero-order valence-electron chi connectivity index (χ0n) is 10.9. The highest BCUT2D eigenvalue weighted by atomic mass is 35.5. The van der Waals surface area contributed by atoms with Crippen molar-refractivity contribution in [1.82, 2.24) is 4.90 Å². The van der Waals surface area contributed by atoms with Gasteiger partial charge in [0.15, 0.2) is 16.7 Å². The lowest BCUT2D eigenvalue weighted by atomic mass is 10.2. The second-order valence-corrected chi connectivity index (χ2v) is 5.88. The Labute approximate surface area is 126 Å². The average Bonchev–Trinajstić information content (AvgIpc) is 2.94. The van der Waals surface area contributed by atoms with E-state index in [9.17, 15) is 0 Å². The molecule has 0 aliphatic carbocycles. The Hall–Kier alpha value is -1.11. The number of morpholine rings is 1. The highest BCUT2D eigenvalue weighted by molar-refractivity contribution is 8.13. The molecule has 7 heteroatoms. The van der Waals surface area contributed by atoms with Gasteiger partial charge in [0.05, 0.1) is 18.2 Å². The molecule has 1 fully saturated rings. The summed E-state index contributed by atoms with van der Waals surface area (Å²) in [5.41, 5.74) is 1.03. The van der Waals surface area contributed by atoms with Crippen molar-refractivity contribution < 1.29 is 14.2 Å². The van der Waals surface area contributed by atoms with Gasteiger partial charge in [0, 0.05) is 18.8 Å². The van der Waals surface area contributed by atoms with E-state index in [2.05, 4.69) is 0 Å². The van der Waals surface area contributed by atoms with Gasteiger partial charge in [-0.05, 0) is 17.7 Å². The molecule has 5 nitrogen and oxygen atoms in total. The summed E-state index contributed by atoms with van der Waals surface area (Å²) in [4.78, 5) is 2.03. The monoisotopic (exact) mass is 314 g/mol. The predicted octanol–water partition coefficient (Wildman–Crippen LogP) is 2.57. The van der Waals surface area contributed by atoms with Gasteiger partial charge in [-0.15, -0.1) is 0 Å². The van der Waals surface area contributed by atoms with Crippen LogP contribution in [0.25, 0.3) is 0 Å². The molecule has 0 atom stereocenters. The summed E-state index contributed by atoms with van der Waals surface area (Å²) in [7, 11) is 0. The lowest BCUT2D eigenvalue weighted by Crippen LogP contribution is -2.39. The van der Waals surface area contributed by atoms with Gasteiger partial charge in [-0.2, -0.15) is 0 Å². The molecule has 1 aromatic carbocycles. The number of amidine groups is 1. The number of rotatable bonds is 2. The number of nitrogens with one attached hydrogen (secondary N) is 1. The van der Waals surface area contributed by atoms with Crippen molar-refractivity contribution in [2.24, 2.45) is 0 Å². The summed E-state index contributed by atoms with van der Waals surface area (Å²) in [6.45, 7) is 3.17. The third-order valence-electron chi connectivity index (χ3n) is 3.16. The molecule has 1 saturated heterocycles. The number of thioether (sulfide) groups is 1. The SMILES string of the molecule is N=C(SCc1cc(Cl)c2c(c1)OCO2)N1CCOCC1. The smallest absolute Gasteiger partial charge is 0.231 e. The Morgan fingerprint density at radius 2 is 2.10 bits per heavy atom. The second-order valence-electron chi connectivity index (χ2n) is 4.50. The highest BCUT2D eigenvalue weighted by Gasteiger charge is 2.19. The predicted molar refractivity (Wildman–Crippen MR) is 79.0 cm³/mol. The van der Waals surface area contributed by atoms with Crippen LogP contribution in [0.4, 0.5) is 0 Å². The first-order chi connectivity index (χ1) is 9.74. The van der Waals surface area contributed by atoms with Gasteiger partial charge in [0.25, 0.3) is 0 Å². The van der Waals surface area contributed by atoms with Crippen molar-refractivity contribution in [1.29, 1.82) is 5.41 Å². The lowest BCUT2D eigenvalue weighted by Gasteiger charge is -2.28. The number of fused-ring (bicyclic) bond motifs is 1. The molecule has 0 unspecified atom stereocenters. The average molecular weight is 315 g/mol. The molecule has 0 amide bonds. The standard InChI is InChI=1S/C13H15ClN2O3S/c14-10-5-9(6-11-12(10)19-8-18-11)7-20-13(15)16-1-3-17-4-2-16/h5-6,15H,1-4,7-8H2. The molecular weight excluding hydrogens is 300 g/mol. The van der Waals surface area contributed by atoms with Crippen molar-refractivity contribution in [2.75, 3.05) is 33.1 Å². The van der Waals surface area contributed by atoms with E-state index in [0.717, 1.165) is 18.7 Å². The fraction of sp³-hybridized carbons (Fsp3) is 0.462. The molecular formula is C13H15ClN2O3S. The molecule has 2 aliphatic rings. The van der Waals surface area contributed by atoms with Gasteiger partial charge in [-0.3, -0.25) is 5.41 Å². The second kappa shape index (κ2) is 6.11. The molecule has 2 heterocycles. The van der Waals surface area contributed by atoms with Crippen LogP contribution in [0, 0.1) is 5.41 Å². The minimum atomic E-state index is 0.218. The summed E-state index contributed by atoms with van der Waals surface area (Å²) in [6.07, 6.45) is 0. The Kier molecular flexibility index (Phi) is 4.24. The quantitative estimate of drug-likeness (QED) is 0.671. The summed E-state index contributed by atoms with van der Waals surface area (Å²) < 4.78 is 15.9. The molecule has 0 saturated carbocycles. The van der Waals surface area contributed by atoms with Crippen molar-refractivity contribution in [2.45, 2.75) is 5.75 Å². The molecule has 108 valence electrons. The summed E-state index contributed by atoms with van der Waals surface area (Å²) in [5, 5.41) is 9.22. The molecule has 3 rings (SSSR count). The van der Waals surface area contributed by atoms with E-state index in [-0.39, 0.29) is 6.79 Å². The molecule has 1 N–H and O–H groups in total. The lowest BCUT2D eigenvalue weighted by molar-refractivity contribution is 0.0690. The van der Waals surface area contributed by atoms with Crippen LogP contribution in [0.5, 0.6) is 11.5 Å². The first-order valence-electron chi connectivity index (χ1n) is 6.36. The molecule has 2 aliphatic heterocycles. The number of hydrogen-bond acceptors (Lipinski definition) is 5. The fourth-order valence-electron chi connectivity index (χ4n) is 2.11. The van der Waals surface area contributed by atoms with Crippen LogP contribution in [-0.4, -0.2) is 43.2 Å². The third kappa shape index (κ3) is 2.97. The van der Waals surface area contributed by atoms with E-state index in [1.807, 2.05) is 17.0 Å². The molecule has 0 bridgehead atoms. The van der Waals surface area contributed by atoms with E-state index in [0.29, 0.717) is 40.7 Å². The largest absolute Gasteiger partial charge is 0.454 e. The molecule has 0 spiro atoms. The Morgan fingerprint density at radius 1 is 1.30 bits per heavy atom. The van der Waals surface area contributed by atoms with Gasteiger partial charge in [0.1, 0.15) is 0 Å². The Bertz CT molecular complexity index is 521. The van der Waals surface area contributed by atoms with Crippen molar-refractivity contribution >= 4 is 28.5 Å². The maximum atomic E-state index is 8.08.